The van der Waals surface area contributed by atoms with E-state index in [1.807, 2.05) is 0 Å². The maximum absolute atomic E-state index is 9.83. The molecule has 106 valence electrons. The lowest BCUT2D eigenvalue weighted by atomic mass is 10.0. The molecule has 5 nitrogen and oxygen atoms in total. The number of aromatic hydroxyl groups is 2. The second-order valence-corrected chi connectivity index (χ2v) is 5.42. The van der Waals surface area contributed by atoms with Crippen LogP contribution in [0.4, 0.5) is 0 Å². The Morgan fingerprint density at radius 3 is 2.90 bits per heavy atom. The fraction of sp³-hybridized carbons (Fsp3) is 0.467. The zero-order valence-electron chi connectivity index (χ0n) is 11.4. The number of aromatic nitrogens is 2. The van der Waals surface area contributed by atoms with Gasteiger partial charge in [-0.25, -0.2) is 0 Å². The van der Waals surface area contributed by atoms with Crippen molar-refractivity contribution >= 4 is 0 Å². The van der Waals surface area contributed by atoms with Crippen molar-refractivity contribution in [3.8, 4) is 23.0 Å². The van der Waals surface area contributed by atoms with Gasteiger partial charge in [-0.05, 0) is 37.3 Å². The average molecular weight is 274 g/mol. The SMILES string of the molecule is CCC1CCC(c2noc(-c3cccc(O)c3O)n2)C1. The number of rotatable bonds is 3. The predicted octanol–water partition coefficient (Wildman–Crippen LogP) is 3.44. The Labute approximate surface area is 117 Å². The van der Waals surface area contributed by atoms with Crippen LogP contribution in [0.15, 0.2) is 22.7 Å². The first-order chi connectivity index (χ1) is 9.69. The second kappa shape index (κ2) is 5.15. The molecule has 1 aromatic heterocycles. The summed E-state index contributed by atoms with van der Waals surface area (Å²) in [4.78, 5) is 4.38. The van der Waals surface area contributed by atoms with E-state index < -0.39 is 0 Å². The molecule has 2 atom stereocenters. The van der Waals surface area contributed by atoms with Gasteiger partial charge in [-0.2, -0.15) is 4.98 Å². The molecule has 20 heavy (non-hydrogen) atoms. The van der Waals surface area contributed by atoms with E-state index in [2.05, 4.69) is 17.1 Å². The normalized spacial score (nSPS) is 22.2. The van der Waals surface area contributed by atoms with Gasteiger partial charge in [-0.3, -0.25) is 0 Å². The van der Waals surface area contributed by atoms with Gasteiger partial charge in [0.25, 0.3) is 5.89 Å². The Kier molecular flexibility index (Phi) is 3.34. The Hall–Kier alpha value is -2.04. The lowest BCUT2D eigenvalue weighted by molar-refractivity contribution is 0.394. The van der Waals surface area contributed by atoms with Gasteiger partial charge >= 0.3 is 0 Å². The number of benzene rings is 1. The highest BCUT2D eigenvalue weighted by Crippen LogP contribution is 2.40. The molecule has 2 unspecified atom stereocenters. The van der Waals surface area contributed by atoms with E-state index in [4.69, 9.17) is 4.52 Å². The standard InChI is InChI=1S/C15H18N2O3/c1-2-9-6-7-10(8-9)14-16-15(20-17-14)11-4-3-5-12(18)13(11)19/h3-5,9-10,18-19H,2,6-8H2,1H3. The molecular weight excluding hydrogens is 256 g/mol. The van der Waals surface area contributed by atoms with Crippen LogP contribution in [0, 0.1) is 5.92 Å². The molecule has 0 amide bonds. The van der Waals surface area contributed by atoms with Crippen molar-refractivity contribution in [2.45, 2.75) is 38.5 Å². The first-order valence-electron chi connectivity index (χ1n) is 7.04. The summed E-state index contributed by atoms with van der Waals surface area (Å²) in [6.07, 6.45) is 4.59. The average Bonchev–Trinajstić information content (AvgIpc) is 3.09. The van der Waals surface area contributed by atoms with Crippen LogP contribution in [0.3, 0.4) is 0 Å². The van der Waals surface area contributed by atoms with Crippen molar-refractivity contribution in [3.05, 3.63) is 24.0 Å². The van der Waals surface area contributed by atoms with Crippen molar-refractivity contribution in [2.75, 3.05) is 0 Å². The van der Waals surface area contributed by atoms with E-state index in [0.29, 0.717) is 17.3 Å². The summed E-state index contributed by atoms with van der Waals surface area (Å²) in [6.45, 7) is 2.21. The number of hydrogen-bond acceptors (Lipinski definition) is 5. The quantitative estimate of drug-likeness (QED) is 0.838. The maximum Gasteiger partial charge on any atom is 0.261 e. The number of para-hydroxylation sites is 1. The molecule has 2 aromatic rings. The second-order valence-electron chi connectivity index (χ2n) is 5.42. The van der Waals surface area contributed by atoms with Gasteiger partial charge in [0.15, 0.2) is 17.3 Å². The zero-order chi connectivity index (χ0) is 14.1. The van der Waals surface area contributed by atoms with E-state index in [9.17, 15) is 10.2 Å². The summed E-state index contributed by atoms with van der Waals surface area (Å²) < 4.78 is 5.24. The fourth-order valence-electron chi connectivity index (χ4n) is 2.89. The minimum atomic E-state index is -0.222. The summed E-state index contributed by atoms with van der Waals surface area (Å²) in [5.74, 6) is 1.65. The third-order valence-corrected chi connectivity index (χ3v) is 4.17. The zero-order valence-corrected chi connectivity index (χ0v) is 11.4. The minimum absolute atomic E-state index is 0.186. The van der Waals surface area contributed by atoms with Gasteiger partial charge in [0.2, 0.25) is 0 Å². The monoisotopic (exact) mass is 274 g/mol. The first kappa shape index (κ1) is 13.0. The molecule has 1 aliphatic rings. The Bertz CT molecular complexity index is 609. The number of hydrogen-bond donors (Lipinski definition) is 2. The number of nitrogens with zero attached hydrogens (tertiary/aromatic N) is 2. The highest BCUT2D eigenvalue weighted by Gasteiger charge is 2.28. The molecular formula is C15H18N2O3. The van der Waals surface area contributed by atoms with Crippen molar-refractivity contribution in [1.82, 2.24) is 10.1 Å². The van der Waals surface area contributed by atoms with Crippen LogP contribution in [0.5, 0.6) is 11.5 Å². The smallest absolute Gasteiger partial charge is 0.261 e. The van der Waals surface area contributed by atoms with Crippen molar-refractivity contribution in [2.24, 2.45) is 5.92 Å². The summed E-state index contributed by atoms with van der Waals surface area (Å²) in [6, 6.07) is 4.70. The van der Waals surface area contributed by atoms with Crippen LogP contribution in [0.25, 0.3) is 11.5 Å². The summed E-state index contributed by atoms with van der Waals surface area (Å²) in [7, 11) is 0. The van der Waals surface area contributed by atoms with Gasteiger partial charge in [-0.15, -0.1) is 0 Å². The molecule has 0 saturated heterocycles. The van der Waals surface area contributed by atoms with Crippen molar-refractivity contribution in [3.63, 3.8) is 0 Å². The van der Waals surface area contributed by atoms with Crippen molar-refractivity contribution < 1.29 is 14.7 Å². The molecule has 1 heterocycles. The largest absolute Gasteiger partial charge is 0.504 e. The Morgan fingerprint density at radius 1 is 1.30 bits per heavy atom. The van der Waals surface area contributed by atoms with E-state index in [-0.39, 0.29) is 17.4 Å². The molecule has 3 rings (SSSR count). The molecule has 0 bridgehead atoms. The minimum Gasteiger partial charge on any atom is -0.504 e. The van der Waals surface area contributed by atoms with Crippen LogP contribution in [-0.2, 0) is 0 Å². The topological polar surface area (TPSA) is 79.4 Å². The number of phenols is 2. The number of phenolic OH excluding ortho intramolecular Hbond substituents is 2. The van der Waals surface area contributed by atoms with Crippen LogP contribution >= 0.6 is 0 Å². The molecule has 5 heteroatoms. The predicted molar refractivity (Wildman–Crippen MR) is 73.4 cm³/mol. The van der Waals surface area contributed by atoms with Gasteiger partial charge in [-0.1, -0.05) is 24.6 Å². The van der Waals surface area contributed by atoms with Crippen LogP contribution < -0.4 is 0 Å². The van der Waals surface area contributed by atoms with Crippen LogP contribution in [-0.4, -0.2) is 20.4 Å². The third-order valence-electron chi connectivity index (χ3n) is 4.17. The maximum atomic E-state index is 9.83. The first-order valence-corrected chi connectivity index (χ1v) is 7.04. The lowest BCUT2D eigenvalue weighted by Gasteiger charge is -2.04. The van der Waals surface area contributed by atoms with E-state index in [0.717, 1.165) is 18.8 Å². The van der Waals surface area contributed by atoms with E-state index >= 15 is 0 Å². The molecule has 1 fully saturated rings. The van der Waals surface area contributed by atoms with Gasteiger partial charge in [0.1, 0.15) is 0 Å². The summed E-state index contributed by atoms with van der Waals surface area (Å²) >= 11 is 0. The lowest BCUT2D eigenvalue weighted by Crippen LogP contribution is -1.97. The summed E-state index contributed by atoms with van der Waals surface area (Å²) in [5.41, 5.74) is 0.369. The van der Waals surface area contributed by atoms with Gasteiger partial charge < -0.3 is 14.7 Å². The Balaban J connectivity index is 1.85. The fourth-order valence-corrected chi connectivity index (χ4v) is 2.89. The van der Waals surface area contributed by atoms with Gasteiger partial charge in [0, 0.05) is 5.92 Å². The molecule has 1 aromatic carbocycles. The van der Waals surface area contributed by atoms with E-state index in [1.165, 1.54) is 18.9 Å². The molecule has 0 radical (unpaired) electrons. The van der Waals surface area contributed by atoms with Gasteiger partial charge in [0.05, 0.1) is 5.56 Å². The molecule has 1 saturated carbocycles. The molecule has 0 spiro atoms. The highest BCUT2D eigenvalue weighted by molar-refractivity contribution is 5.66. The highest BCUT2D eigenvalue weighted by atomic mass is 16.5. The third kappa shape index (κ3) is 2.24. The molecule has 1 aliphatic carbocycles. The van der Waals surface area contributed by atoms with Crippen LogP contribution in [0.2, 0.25) is 0 Å². The summed E-state index contributed by atoms with van der Waals surface area (Å²) in [5, 5.41) is 23.4. The molecule has 2 N–H and O–H groups in total. The van der Waals surface area contributed by atoms with Crippen LogP contribution in [0.1, 0.15) is 44.3 Å². The molecule has 0 aliphatic heterocycles. The Morgan fingerprint density at radius 2 is 2.15 bits per heavy atom. The van der Waals surface area contributed by atoms with E-state index in [1.54, 1.807) is 12.1 Å². The van der Waals surface area contributed by atoms with Crippen molar-refractivity contribution in [1.29, 1.82) is 0 Å².